The Morgan fingerprint density at radius 1 is 1.29 bits per heavy atom. The summed E-state index contributed by atoms with van der Waals surface area (Å²) in [7, 11) is 0. The van der Waals surface area contributed by atoms with Crippen molar-refractivity contribution in [2.75, 3.05) is 13.2 Å². The fourth-order valence-corrected chi connectivity index (χ4v) is 3.21. The molecule has 1 amide bonds. The van der Waals surface area contributed by atoms with Gasteiger partial charge in [-0.1, -0.05) is 34.1 Å². The van der Waals surface area contributed by atoms with Crippen molar-refractivity contribution < 1.29 is 14.3 Å². The third-order valence-electron chi connectivity index (χ3n) is 4.45. The largest absolute Gasteiger partial charge is 0.466 e. The number of carbonyl (C=O) groups is 2. The summed E-state index contributed by atoms with van der Waals surface area (Å²) in [6.45, 7) is 9.43. The molecule has 0 bridgehead atoms. The molecule has 0 aliphatic heterocycles. The van der Waals surface area contributed by atoms with Crippen molar-refractivity contribution in [1.29, 1.82) is 0 Å². The SMILES string of the molecule is CCCOC(=O)CCNC(=O)C1CC(C)CCC1C(C)C. The van der Waals surface area contributed by atoms with Crippen LogP contribution >= 0.6 is 0 Å². The minimum Gasteiger partial charge on any atom is -0.466 e. The minimum absolute atomic E-state index is 0.0976. The van der Waals surface area contributed by atoms with Crippen molar-refractivity contribution in [3.05, 3.63) is 0 Å². The molecule has 0 radical (unpaired) electrons. The van der Waals surface area contributed by atoms with Gasteiger partial charge >= 0.3 is 5.97 Å². The molecule has 0 aromatic rings. The molecule has 21 heavy (non-hydrogen) atoms. The maximum Gasteiger partial charge on any atom is 0.307 e. The van der Waals surface area contributed by atoms with Crippen molar-refractivity contribution >= 4 is 11.9 Å². The van der Waals surface area contributed by atoms with Gasteiger partial charge in [0.05, 0.1) is 13.0 Å². The highest BCUT2D eigenvalue weighted by molar-refractivity contribution is 5.79. The summed E-state index contributed by atoms with van der Waals surface area (Å²) in [5.41, 5.74) is 0. The second-order valence-corrected chi connectivity index (χ2v) is 6.69. The molecule has 4 heteroatoms. The first-order chi connectivity index (χ1) is 9.95. The van der Waals surface area contributed by atoms with Crippen LogP contribution in [-0.4, -0.2) is 25.0 Å². The number of rotatable bonds is 7. The van der Waals surface area contributed by atoms with E-state index in [-0.39, 0.29) is 24.2 Å². The Hall–Kier alpha value is -1.06. The van der Waals surface area contributed by atoms with Crippen LogP contribution in [0.25, 0.3) is 0 Å². The van der Waals surface area contributed by atoms with Crippen LogP contribution < -0.4 is 5.32 Å². The van der Waals surface area contributed by atoms with E-state index in [4.69, 9.17) is 4.74 Å². The Morgan fingerprint density at radius 2 is 2.00 bits per heavy atom. The molecule has 0 saturated heterocycles. The van der Waals surface area contributed by atoms with Crippen molar-refractivity contribution in [2.45, 2.75) is 59.8 Å². The van der Waals surface area contributed by atoms with Crippen LogP contribution in [0.5, 0.6) is 0 Å². The Balaban J connectivity index is 2.39. The number of hydrogen-bond acceptors (Lipinski definition) is 3. The predicted octanol–water partition coefficient (Wildman–Crippen LogP) is 3.15. The number of hydrogen-bond donors (Lipinski definition) is 1. The van der Waals surface area contributed by atoms with Crippen molar-refractivity contribution in [3.8, 4) is 0 Å². The molecule has 1 aliphatic rings. The van der Waals surface area contributed by atoms with E-state index in [1.807, 2.05) is 6.92 Å². The monoisotopic (exact) mass is 297 g/mol. The maximum atomic E-state index is 12.4. The van der Waals surface area contributed by atoms with Crippen molar-refractivity contribution in [3.63, 3.8) is 0 Å². The lowest BCUT2D eigenvalue weighted by molar-refractivity contribution is -0.143. The molecule has 0 heterocycles. The lowest BCUT2D eigenvalue weighted by Crippen LogP contribution is -2.40. The lowest BCUT2D eigenvalue weighted by Gasteiger charge is -2.36. The first kappa shape index (κ1) is 18.0. The third-order valence-corrected chi connectivity index (χ3v) is 4.45. The van der Waals surface area contributed by atoms with Gasteiger partial charge in [-0.05, 0) is 37.0 Å². The van der Waals surface area contributed by atoms with E-state index in [0.717, 1.165) is 19.3 Å². The molecule has 1 N–H and O–H groups in total. The van der Waals surface area contributed by atoms with Crippen LogP contribution in [0, 0.1) is 23.7 Å². The van der Waals surface area contributed by atoms with E-state index in [9.17, 15) is 9.59 Å². The highest BCUT2D eigenvalue weighted by Crippen LogP contribution is 2.37. The first-order valence-electron chi connectivity index (χ1n) is 8.39. The van der Waals surface area contributed by atoms with E-state index in [1.54, 1.807) is 0 Å². The molecule has 3 atom stereocenters. The van der Waals surface area contributed by atoms with Crippen LogP contribution in [0.3, 0.4) is 0 Å². The summed E-state index contributed by atoms with van der Waals surface area (Å²) in [6.07, 6.45) is 4.41. The molecule has 0 aromatic carbocycles. The standard InChI is InChI=1S/C17H31NO3/c1-5-10-21-16(19)8-9-18-17(20)15-11-13(4)6-7-14(15)12(2)3/h12-15H,5-11H2,1-4H3,(H,18,20). The highest BCUT2D eigenvalue weighted by Gasteiger charge is 2.35. The van der Waals surface area contributed by atoms with Gasteiger partial charge in [-0.15, -0.1) is 0 Å². The number of esters is 1. The molecule has 0 aromatic heterocycles. The van der Waals surface area contributed by atoms with E-state index < -0.39 is 0 Å². The van der Waals surface area contributed by atoms with E-state index in [2.05, 4.69) is 26.1 Å². The van der Waals surface area contributed by atoms with Gasteiger partial charge in [0.25, 0.3) is 0 Å². The van der Waals surface area contributed by atoms with Crippen LogP contribution in [0.4, 0.5) is 0 Å². The van der Waals surface area contributed by atoms with Gasteiger partial charge < -0.3 is 10.1 Å². The zero-order valence-corrected chi connectivity index (χ0v) is 14.0. The van der Waals surface area contributed by atoms with Crippen LogP contribution in [0.15, 0.2) is 0 Å². The van der Waals surface area contributed by atoms with Gasteiger partial charge in [-0.2, -0.15) is 0 Å². The summed E-state index contributed by atoms with van der Waals surface area (Å²) in [5, 5.41) is 2.93. The molecular formula is C17H31NO3. The molecule has 1 saturated carbocycles. The summed E-state index contributed by atoms with van der Waals surface area (Å²) >= 11 is 0. The summed E-state index contributed by atoms with van der Waals surface area (Å²) < 4.78 is 5.00. The molecule has 1 aliphatic carbocycles. The van der Waals surface area contributed by atoms with Crippen LogP contribution in [0.1, 0.15) is 59.8 Å². The average molecular weight is 297 g/mol. The second-order valence-electron chi connectivity index (χ2n) is 6.69. The second kappa shape index (κ2) is 9.06. The predicted molar refractivity (Wildman–Crippen MR) is 83.7 cm³/mol. The van der Waals surface area contributed by atoms with Gasteiger partial charge in [-0.25, -0.2) is 0 Å². The van der Waals surface area contributed by atoms with Crippen LogP contribution in [0.2, 0.25) is 0 Å². The summed E-state index contributed by atoms with van der Waals surface area (Å²) in [4.78, 5) is 23.8. The molecule has 0 spiro atoms. The molecule has 122 valence electrons. The van der Waals surface area contributed by atoms with Gasteiger partial charge in [0, 0.05) is 12.5 Å². The molecule has 1 fully saturated rings. The Kier molecular flexibility index (Phi) is 7.76. The Labute approximate surface area is 129 Å². The Bertz CT molecular complexity index is 341. The zero-order valence-electron chi connectivity index (χ0n) is 14.0. The van der Waals surface area contributed by atoms with E-state index in [0.29, 0.717) is 30.9 Å². The van der Waals surface area contributed by atoms with E-state index in [1.165, 1.54) is 6.42 Å². The average Bonchev–Trinajstić information content (AvgIpc) is 2.44. The summed E-state index contributed by atoms with van der Waals surface area (Å²) in [6, 6.07) is 0. The minimum atomic E-state index is -0.227. The van der Waals surface area contributed by atoms with Crippen molar-refractivity contribution in [2.24, 2.45) is 23.7 Å². The normalized spacial score (nSPS) is 25.7. The topological polar surface area (TPSA) is 55.4 Å². The number of amides is 1. The third kappa shape index (κ3) is 6.06. The fourth-order valence-electron chi connectivity index (χ4n) is 3.21. The van der Waals surface area contributed by atoms with Gasteiger partial charge in [0.1, 0.15) is 0 Å². The Morgan fingerprint density at radius 3 is 2.62 bits per heavy atom. The van der Waals surface area contributed by atoms with Gasteiger partial charge in [0.15, 0.2) is 0 Å². The maximum absolute atomic E-state index is 12.4. The quantitative estimate of drug-likeness (QED) is 0.734. The van der Waals surface area contributed by atoms with Gasteiger partial charge in [0.2, 0.25) is 5.91 Å². The molecule has 1 rings (SSSR count). The highest BCUT2D eigenvalue weighted by atomic mass is 16.5. The zero-order chi connectivity index (χ0) is 15.8. The van der Waals surface area contributed by atoms with Gasteiger partial charge in [-0.3, -0.25) is 9.59 Å². The van der Waals surface area contributed by atoms with Crippen molar-refractivity contribution in [1.82, 2.24) is 5.32 Å². The lowest BCUT2D eigenvalue weighted by atomic mass is 9.70. The molecular weight excluding hydrogens is 266 g/mol. The number of carbonyl (C=O) groups excluding carboxylic acids is 2. The van der Waals surface area contributed by atoms with E-state index >= 15 is 0 Å². The number of ether oxygens (including phenoxy) is 1. The molecule has 4 nitrogen and oxygen atoms in total. The fraction of sp³-hybridized carbons (Fsp3) is 0.882. The smallest absolute Gasteiger partial charge is 0.307 e. The van der Waals surface area contributed by atoms with Crippen LogP contribution in [-0.2, 0) is 14.3 Å². The molecule has 3 unspecified atom stereocenters. The first-order valence-corrected chi connectivity index (χ1v) is 8.39. The summed E-state index contributed by atoms with van der Waals surface area (Å²) in [5.74, 6) is 1.60. The number of nitrogens with one attached hydrogen (secondary N) is 1.